The fourth-order valence-electron chi connectivity index (χ4n) is 1.44. The highest BCUT2D eigenvalue weighted by molar-refractivity contribution is 5.46. The fraction of sp³-hybridized carbons (Fsp3) is 0.273. The Morgan fingerprint density at radius 3 is 2.29 bits per heavy atom. The van der Waals surface area contributed by atoms with Crippen LogP contribution in [0.15, 0.2) is 24.4 Å². The van der Waals surface area contributed by atoms with Crippen molar-refractivity contribution < 1.29 is 9.47 Å². The van der Waals surface area contributed by atoms with Crippen molar-refractivity contribution in [1.82, 2.24) is 15.0 Å². The number of ether oxygens (including phenoxy) is 2. The standard InChI is InChI=1S/C11H14N4O2/c1-16-10-3-9(4-11(5-10)17-2)15-7-8(6-12)13-14-15/h3-5,7H,6,12H2,1-2H3. The van der Waals surface area contributed by atoms with E-state index in [9.17, 15) is 0 Å². The molecule has 0 unspecified atom stereocenters. The Bertz CT molecular complexity index is 488. The molecule has 0 amide bonds. The Morgan fingerprint density at radius 1 is 1.18 bits per heavy atom. The molecule has 0 fully saturated rings. The predicted octanol–water partition coefficient (Wildman–Crippen LogP) is 0.743. The lowest BCUT2D eigenvalue weighted by Crippen LogP contribution is -1.97. The molecule has 0 aliphatic heterocycles. The molecule has 1 aromatic heterocycles. The first kappa shape index (κ1) is 11.4. The van der Waals surface area contributed by atoms with E-state index in [2.05, 4.69) is 10.3 Å². The molecule has 0 aliphatic rings. The lowest BCUT2D eigenvalue weighted by molar-refractivity contribution is 0.394. The van der Waals surface area contributed by atoms with E-state index in [0.717, 1.165) is 11.4 Å². The van der Waals surface area contributed by atoms with Gasteiger partial charge in [-0.05, 0) is 0 Å². The molecule has 90 valence electrons. The molecular formula is C11H14N4O2. The monoisotopic (exact) mass is 234 g/mol. The van der Waals surface area contributed by atoms with E-state index in [1.165, 1.54) is 0 Å². The van der Waals surface area contributed by atoms with Gasteiger partial charge in [0.15, 0.2) is 0 Å². The van der Waals surface area contributed by atoms with E-state index in [0.29, 0.717) is 18.0 Å². The third kappa shape index (κ3) is 2.36. The molecule has 6 nitrogen and oxygen atoms in total. The van der Waals surface area contributed by atoms with Crippen LogP contribution in [0.5, 0.6) is 11.5 Å². The van der Waals surface area contributed by atoms with E-state index in [1.807, 2.05) is 12.1 Å². The smallest absolute Gasteiger partial charge is 0.124 e. The van der Waals surface area contributed by atoms with Crippen molar-refractivity contribution in [1.29, 1.82) is 0 Å². The molecule has 2 N–H and O–H groups in total. The third-order valence-electron chi connectivity index (χ3n) is 2.35. The number of nitrogens with two attached hydrogens (primary N) is 1. The summed E-state index contributed by atoms with van der Waals surface area (Å²) in [7, 11) is 3.20. The molecule has 2 aromatic rings. The number of rotatable bonds is 4. The quantitative estimate of drug-likeness (QED) is 0.844. The molecule has 0 spiro atoms. The van der Waals surface area contributed by atoms with Crippen LogP contribution in [0.4, 0.5) is 0 Å². The lowest BCUT2D eigenvalue weighted by Gasteiger charge is -2.07. The summed E-state index contributed by atoms with van der Waals surface area (Å²) in [5, 5.41) is 7.91. The van der Waals surface area contributed by atoms with Gasteiger partial charge < -0.3 is 15.2 Å². The average molecular weight is 234 g/mol. The van der Waals surface area contributed by atoms with Crippen molar-refractivity contribution in [3.8, 4) is 17.2 Å². The van der Waals surface area contributed by atoms with Gasteiger partial charge in [0.1, 0.15) is 11.5 Å². The molecule has 0 atom stereocenters. The highest BCUT2D eigenvalue weighted by Crippen LogP contribution is 2.24. The molecule has 0 saturated heterocycles. The minimum absolute atomic E-state index is 0.362. The topological polar surface area (TPSA) is 75.2 Å². The van der Waals surface area contributed by atoms with Gasteiger partial charge in [0.2, 0.25) is 0 Å². The number of methoxy groups -OCH3 is 2. The molecule has 0 saturated carbocycles. The number of nitrogens with zero attached hydrogens (tertiary/aromatic N) is 3. The predicted molar refractivity (Wildman–Crippen MR) is 62.4 cm³/mol. The molecule has 0 aliphatic carbocycles. The Morgan fingerprint density at radius 2 is 1.82 bits per heavy atom. The number of hydrogen-bond acceptors (Lipinski definition) is 5. The van der Waals surface area contributed by atoms with Gasteiger partial charge >= 0.3 is 0 Å². The van der Waals surface area contributed by atoms with Crippen LogP contribution < -0.4 is 15.2 Å². The van der Waals surface area contributed by atoms with Gasteiger partial charge in [-0.1, -0.05) is 5.21 Å². The second kappa shape index (κ2) is 4.84. The normalized spacial score (nSPS) is 10.3. The van der Waals surface area contributed by atoms with Gasteiger partial charge in [-0.2, -0.15) is 0 Å². The van der Waals surface area contributed by atoms with Crippen molar-refractivity contribution in [3.05, 3.63) is 30.1 Å². The molecule has 6 heteroatoms. The Balaban J connectivity index is 2.43. The summed E-state index contributed by atoms with van der Waals surface area (Å²) in [5.41, 5.74) is 7.03. The maximum absolute atomic E-state index is 5.49. The zero-order valence-corrected chi connectivity index (χ0v) is 9.75. The van der Waals surface area contributed by atoms with Crippen molar-refractivity contribution in [2.45, 2.75) is 6.54 Å². The van der Waals surface area contributed by atoms with Crippen LogP contribution in [0.25, 0.3) is 5.69 Å². The average Bonchev–Trinajstić information content (AvgIpc) is 2.86. The van der Waals surface area contributed by atoms with Crippen molar-refractivity contribution in [2.24, 2.45) is 5.73 Å². The van der Waals surface area contributed by atoms with Crippen LogP contribution in [-0.2, 0) is 6.54 Å². The second-order valence-electron chi connectivity index (χ2n) is 3.43. The molecular weight excluding hydrogens is 220 g/mol. The maximum Gasteiger partial charge on any atom is 0.124 e. The first-order chi connectivity index (χ1) is 8.26. The first-order valence-electron chi connectivity index (χ1n) is 5.11. The summed E-state index contributed by atoms with van der Waals surface area (Å²) >= 11 is 0. The van der Waals surface area contributed by atoms with Gasteiger partial charge in [-0.25, -0.2) is 4.68 Å². The number of aromatic nitrogens is 3. The van der Waals surface area contributed by atoms with Crippen LogP contribution in [0.1, 0.15) is 5.69 Å². The van der Waals surface area contributed by atoms with Gasteiger partial charge in [0, 0.05) is 24.7 Å². The minimum Gasteiger partial charge on any atom is -0.497 e. The first-order valence-corrected chi connectivity index (χ1v) is 5.11. The van der Waals surface area contributed by atoms with Gasteiger partial charge in [-0.15, -0.1) is 5.10 Å². The lowest BCUT2D eigenvalue weighted by atomic mass is 10.3. The van der Waals surface area contributed by atoms with E-state index in [1.54, 1.807) is 31.2 Å². The maximum atomic E-state index is 5.49. The van der Waals surface area contributed by atoms with E-state index in [4.69, 9.17) is 15.2 Å². The Kier molecular flexibility index (Phi) is 3.24. The Labute approximate surface area is 98.9 Å². The largest absolute Gasteiger partial charge is 0.497 e. The molecule has 17 heavy (non-hydrogen) atoms. The van der Waals surface area contributed by atoms with Crippen LogP contribution in [0.2, 0.25) is 0 Å². The molecule has 1 heterocycles. The van der Waals surface area contributed by atoms with Crippen molar-refractivity contribution >= 4 is 0 Å². The van der Waals surface area contributed by atoms with Gasteiger partial charge in [-0.3, -0.25) is 0 Å². The van der Waals surface area contributed by atoms with Gasteiger partial charge in [0.25, 0.3) is 0 Å². The van der Waals surface area contributed by atoms with Gasteiger partial charge in [0.05, 0.1) is 31.8 Å². The summed E-state index contributed by atoms with van der Waals surface area (Å²) in [5.74, 6) is 1.40. The van der Waals surface area contributed by atoms with E-state index in [-0.39, 0.29) is 0 Å². The minimum atomic E-state index is 0.362. The Hall–Kier alpha value is -2.08. The molecule has 2 rings (SSSR count). The number of hydrogen-bond donors (Lipinski definition) is 1. The van der Waals surface area contributed by atoms with Crippen molar-refractivity contribution in [2.75, 3.05) is 14.2 Å². The summed E-state index contributed by atoms with van der Waals surface area (Å²) in [4.78, 5) is 0. The van der Waals surface area contributed by atoms with E-state index < -0.39 is 0 Å². The highest BCUT2D eigenvalue weighted by atomic mass is 16.5. The summed E-state index contributed by atoms with van der Waals surface area (Å²) in [6.07, 6.45) is 1.77. The zero-order chi connectivity index (χ0) is 12.3. The van der Waals surface area contributed by atoms with Crippen LogP contribution >= 0.6 is 0 Å². The summed E-state index contributed by atoms with van der Waals surface area (Å²) in [6, 6.07) is 5.49. The molecule has 1 aromatic carbocycles. The molecule has 0 radical (unpaired) electrons. The van der Waals surface area contributed by atoms with Crippen LogP contribution in [0.3, 0.4) is 0 Å². The zero-order valence-electron chi connectivity index (χ0n) is 9.75. The van der Waals surface area contributed by atoms with E-state index >= 15 is 0 Å². The van der Waals surface area contributed by atoms with Crippen molar-refractivity contribution in [3.63, 3.8) is 0 Å². The summed E-state index contributed by atoms with van der Waals surface area (Å²) in [6.45, 7) is 0.362. The molecule has 0 bridgehead atoms. The summed E-state index contributed by atoms with van der Waals surface area (Å²) < 4.78 is 12.0. The SMILES string of the molecule is COc1cc(OC)cc(-n2cc(CN)nn2)c1. The highest BCUT2D eigenvalue weighted by Gasteiger charge is 2.06. The third-order valence-corrected chi connectivity index (χ3v) is 2.35. The second-order valence-corrected chi connectivity index (χ2v) is 3.43. The fourth-order valence-corrected chi connectivity index (χ4v) is 1.44. The number of benzene rings is 1. The van der Waals surface area contributed by atoms with Crippen LogP contribution in [-0.4, -0.2) is 29.2 Å². The van der Waals surface area contributed by atoms with Crippen LogP contribution in [0, 0.1) is 0 Å².